The number of hydrogen-bond donors (Lipinski definition) is 0. The Balaban J connectivity index is 1.26. The quantitative estimate of drug-likeness (QED) is 0.740. The van der Waals surface area contributed by atoms with Gasteiger partial charge < -0.3 is 14.4 Å². The summed E-state index contributed by atoms with van der Waals surface area (Å²) < 4.78 is 26.7. The normalized spacial score (nSPS) is 23.7. The standard InChI is InChI=1S/C22H20ClFN2O3/c23-16-7-5-14(6-8-16)18(24)19-20(27)25-21(29-19)26-11-9-22(10-12-26)17-4-2-1-3-15(17)13-28-22/h1-8,18-19H,9-13H2. The summed E-state index contributed by atoms with van der Waals surface area (Å²) in [4.78, 5) is 18.2. The Kier molecular flexibility index (Phi) is 4.56. The molecule has 150 valence electrons. The molecule has 1 saturated heterocycles. The van der Waals surface area contributed by atoms with Crippen LogP contribution in [0, 0.1) is 0 Å². The van der Waals surface area contributed by atoms with Crippen LogP contribution in [0.3, 0.4) is 0 Å². The van der Waals surface area contributed by atoms with Crippen LogP contribution in [0.15, 0.2) is 53.5 Å². The van der Waals surface area contributed by atoms with Gasteiger partial charge in [-0.1, -0.05) is 48.0 Å². The lowest BCUT2D eigenvalue weighted by Crippen LogP contribution is -2.45. The van der Waals surface area contributed by atoms with Gasteiger partial charge in [0.05, 0.1) is 12.2 Å². The number of amides is 1. The Morgan fingerprint density at radius 3 is 2.62 bits per heavy atom. The molecule has 3 aliphatic heterocycles. The molecule has 5 nitrogen and oxygen atoms in total. The van der Waals surface area contributed by atoms with E-state index in [1.807, 2.05) is 17.0 Å². The largest absolute Gasteiger partial charge is 0.448 e. The molecule has 2 unspecified atom stereocenters. The van der Waals surface area contributed by atoms with Crippen molar-refractivity contribution in [3.63, 3.8) is 0 Å². The first-order valence-electron chi connectivity index (χ1n) is 9.72. The van der Waals surface area contributed by atoms with Crippen LogP contribution in [0.5, 0.6) is 0 Å². The van der Waals surface area contributed by atoms with Gasteiger partial charge in [-0.25, -0.2) is 4.39 Å². The fraction of sp³-hybridized carbons (Fsp3) is 0.364. The minimum Gasteiger partial charge on any atom is -0.448 e. The van der Waals surface area contributed by atoms with Gasteiger partial charge in [-0.2, -0.15) is 4.99 Å². The zero-order valence-corrected chi connectivity index (χ0v) is 16.4. The molecule has 1 spiro atoms. The van der Waals surface area contributed by atoms with Gasteiger partial charge in [0, 0.05) is 18.1 Å². The van der Waals surface area contributed by atoms with E-state index >= 15 is 0 Å². The number of halogens is 2. The van der Waals surface area contributed by atoms with Gasteiger partial charge in [0.15, 0.2) is 6.17 Å². The molecule has 0 radical (unpaired) electrons. The number of nitrogens with zero attached hydrogens (tertiary/aromatic N) is 2. The topological polar surface area (TPSA) is 51.1 Å². The number of rotatable bonds is 2. The van der Waals surface area contributed by atoms with E-state index in [0.717, 1.165) is 12.8 Å². The number of piperidine rings is 1. The van der Waals surface area contributed by atoms with Crippen LogP contribution in [0.2, 0.25) is 5.02 Å². The highest BCUT2D eigenvalue weighted by Gasteiger charge is 2.45. The summed E-state index contributed by atoms with van der Waals surface area (Å²) in [5, 5.41) is 0.509. The van der Waals surface area contributed by atoms with Crippen molar-refractivity contribution in [2.75, 3.05) is 13.1 Å². The summed E-state index contributed by atoms with van der Waals surface area (Å²) in [6, 6.07) is 14.8. The monoisotopic (exact) mass is 414 g/mol. The maximum atomic E-state index is 14.9. The van der Waals surface area contributed by atoms with E-state index in [4.69, 9.17) is 21.1 Å². The van der Waals surface area contributed by atoms with Crippen LogP contribution in [0.4, 0.5) is 4.39 Å². The van der Waals surface area contributed by atoms with Gasteiger partial charge in [0.1, 0.15) is 0 Å². The number of carbonyl (C=O) groups is 1. The Morgan fingerprint density at radius 2 is 1.86 bits per heavy atom. The predicted octanol–water partition coefficient (Wildman–Crippen LogP) is 4.15. The van der Waals surface area contributed by atoms with Crippen molar-refractivity contribution in [3.8, 4) is 0 Å². The van der Waals surface area contributed by atoms with E-state index < -0.39 is 18.2 Å². The molecule has 0 aromatic heterocycles. The molecule has 1 amide bonds. The number of hydrogen-bond acceptors (Lipinski definition) is 4. The van der Waals surface area contributed by atoms with Crippen molar-refractivity contribution in [3.05, 3.63) is 70.2 Å². The second kappa shape index (κ2) is 7.11. The van der Waals surface area contributed by atoms with Crippen LogP contribution >= 0.6 is 11.6 Å². The van der Waals surface area contributed by atoms with Crippen molar-refractivity contribution in [2.24, 2.45) is 4.99 Å². The fourth-order valence-electron chi connectivity index (χ4n) is 4.36. The molecule has 7 heteroatoms. The Bertz CT molecular complexity index is 970. The molecule has 3 aliphatic rings. The number of likely N-dealkylation sites (tertiary alicyclic amines) is 1. The Labute approximate surface area is 173 Å². The van der Waals surface area contributed by atoms with Crippen molar-refractivity contribution in [1.82, 2.24) is 4.90 Å². The Morgan fingerprint density at radius 1 is 1.14 bits per heavy atom. The van der Waals surface area contributed by atoms with E-state index in [1.54, 1.807) is 24.3 Å². The zero-order valence-electron chi connectivity index (χ0n) is 15.7. The Hall–Kier alpha value is -2.44. The number of benzene rings is 2. The molecule has 2 atom stereocenters. The lowest BCUT2D eigenvalue weighted by atomic mass is 9.84. The third-order valence-corrected chi connectivity index (χ3v) is 6.24. The second-order valence-corrected chi connectivity index (χ2v) is 8.09. The van der Waals surface area contributed by atoms with E-state index in [2.05, 4.69) is 17.1 Å². The molecular formula is C22H20ClFN2O3. The third kappa shape index (κ3) is 3.20. The molecule has 0 aliphatic carbocycles. The maximum Gasteiger partial charge on any atom is 0.296 e. The first-order valence-corrected chi connectivity index (χ1v) is 10.1. The molecule has 29 heavy (non-hydrogen) atoms. The van der Waals surface area contributed by atoms with Crippen molar-refractivity contribution < 1.29 is 18.7 Å². The average molecular weight is 415 g/mol. The lowest BCUT2D eigenvalue weighted by molar-refractivity contribution is -0.125. The fourth-order valence-corrected chi connectivity index (χ4v) is 4.48. The van der Waals surface area contributed by atoms with Gasteiger partial charge >= 0.3 is 0 Å². The van der Waals surface area contributed by atoms with E-state index in [1.165, 1.54) is 11.1 Å². The van der Waals surface area contributed by atoms with Crippen LogP contribution in [-0.4, -0.2) is 36.0 Å². The van der Waals surface area contributed by atoms with E-state index in [-0.39, 0.29) is 11.6 Å². The smallest absolute Gasteiger partial charge is 0.296 e. The van der Waals surface area contributed by atoms with E-state index in [0.29, 0.717) is 30.3 Å². The molecule has 1 fully saturated rings. The summed E-state index contributed by atoms with van der Waals surface area (Å²) in [7, 11) is 0. The number of amidine groups is 1. The minimum absolute atomic E-state index is 0.206. The van der Waals surface area contributed by atoms with E-state index in [9.17, 15) is 9.18 Å². The first kappa shape index (κ1) is 18.6. The molecule has 0 saturated carbocycles. The van der Waals surface area contributed by atoms with Crippen molar-refractivity contribution in [1.29, 1.82) is 0 Å². The van der Waals surface area contributed by atoms with Gasteiger partial charge in [-0.05, 0) is 41.7 Å². The lowest BCUT2D eigenvalue weighted by Gasteiger charge is -2.39. The molecule has 3 heterocycles. The van der Waals surface area contributed by atoms with Crippen LogP contribution in [0.1, 0.15) is 35.7 Å². The summed E-state index contributed by atoms with van der Waals surface area (Å²) in [5.74, 6) is -0.592. The van der Waals surface area contributed by atoms with Gasteiger partial charge in [0.25, 0.3) is 11.9 Å². The predicted molar refractivity (Wildman–Crippen MR) is 106 cm³/mol. The van der Waals surface area contributed by atoms with Crippen LogP contribution in [0.25, 0.3) is 0 Å². The number of alkyl halides is 1. The van der Waals surface area contributed by atoms with Crippen LogP contribution < -0.4 is 0 Å². The van der Waals surface area contributed by atoms with Crippen molar-refractivity contribution in [2.45, 2.75) is 37.3 Å². The minimum atomic E-state index is -1.60. The van der Waals surface area contributed by atoms with Crippen LogP contribution in [-0.2, 0) is 26.5 Å². The SMILES string of the molecule is O=C1N=C(N2CCC3(CC2)OCc2ccccc23)OC1C(F)c1ccc(Cl)cc1. The maximum absolute atomic E-state index is 14.9. The average Bonchev–Trinajstić information content (AvgIpc) is 3.30. The highest BCUT2D eigenvalue weighted by Crippen LogP contribution is 2.44. The number of fused-ring (bicyclic) bond motifs is 2. The third-order valence-electron chi connectivity index (χ3n) is 5.99. The number of carbonyl (C=O) groups excluding carboxylic acids is 1. The molecule has 0 bridgehead atoms. The molecule has 5 rings (SSSR count). The summed E-state index contributed by atoms with van der Waals surface area (Å²) in [6.45, 7) is 1.88. The number of ether oxygens (including phenoxy) is 2. The van der Waals surface area contributed by atoms with Gasteiger partial charge in [0.2, 0.25) is 6.10 Å². The number of aliphatic imine (C=N–C) groups is 1. The molecule has 2 aromatic rings. The summed E-state index contributed by atoms with van der Waals surface area (Å²) >= 11 is 5.85. The molecule has 2 aromatic carbocycles. The first-order chi connectivity index (χ1) is 14.1. The molecular weight excluding hydrogens is 395 g/mol. The summed E-state index contributed by atoms with van der Waals surface area (Å²) in [5.41, 5.74) is 2.53. The second-order valence-electron chi connectivity index (χ2n) is 7.65. The molecule has 0 N–H and O–H groups in total. The van der Waals surface area contributed by atoms with Crippen molar-refractivity contribution >= 4 is 23.5 Å². The summed E-state index contributed by atoms with van der Waals surface area (Å²) in [6.07, 6.45) is -1.32. The van der Waals surface area contributed by atoms with Gasteiger partial charge in [-0.15, -0.1) is 0 Å². The zero-order chi connectivity index (χ0) is 20.0. The van der Waals surface area contributed by atoms with Gasteiger partial charge in [-0.3, -0.25) is 4.79 Å². The highest BCUT2D eigenvalue weighted by atomic mass is 35.5. The highest BCUT2D eigenvalue weighted by molar-refractivity contribution is 6.30.